The molecule has 0 saturated carbocycles. The van der Waals surface area contributed by atoms with Crippen LogP contribution in [0.25, 0.3) is 0 Å². The lowest BCUT2D eigenvalue weighted by atomic mass is 10.5. The summed E-state index contributed by atoms with van der Waals surface area (Å²) in [5.74, 6) is -0.275. The van der Waals surface area contributed by atoms with Crippen molar-refractivity contribution in [2.24, 2.45) is 12.0 Å². The predicted molar refractivity (Wildman–Crippen MR) is 49.5 cm³/mol. The van der Waals surface area contributed by atoms with Crippen molar-refractivity contribution in [3.05, 3.63) is 29.6 Å². The Kier molecular flexibility index (Phi) is 5.09. The molecule has 0 radical (unpaired) electrons. The van der Waals surface area contributed by atoms with E-state index in [0.717, 1.165) is 0 Å². The molecule has 0 spiro atoms. The molecule has 5 nitrogen and oxygen atoms in total. The van der Waals surface area contributed by atoms with E-state index in [1.807, 2.05) is 0 Å². The van der Waals surface area contributed by atoms with Crippen molar-refractivity contribution in [2.75, 3.05) is 7.05 Å². The lowest BCUT2D eigenvalue weighted by Gasteiger charge is -1.98. The average molecular weight is 240 g/mol. The molecule has 1 aromatic rings. The largest absolute Gasteiger partial charge is 0.435 e. The molecule has 15 heavy (non-hydrogen) atoms. The van der Waals surface area contributed by atoms with E-state index < -0.39 is 10.5 Å². The molecule has 0 aliphatic carbocycles. The molecule has 1 heterocycles. The first-order valence-corrected chi connectivity index (χ1v) is 5.01. The lowest BCUT2D eigenvalue weighted by molar-refractivity contribution is 0.435. The Labute approximate surface area is 85.7 Å². The van der Waals surface area contributed by atoms with Gasteiger partial charge in [0.05, 0.1) is 0 Å². The highest BCUT2D eigenvalue weighted by Gasteiger charge is 1.91. The standard InChI is InChI=1S/C7H9FN2.FHO3S/c1-9-7-5-3-4-6(8)10(7)2;1-5(2,3)4/h3-5H,1-2H3;(H,2,3,4). The maximum Gasteiger partial charge on any atom is 0.435 e. The summed E-state index contributed by atoms with van der Waals surface area (Å²) in [6, 6.07) is 4.79. The van der Waals surface area contributed by atoms with E-state index in [1.165, 1.54) is 10.6 Å². The zero-order chi connectivity index (χ0) is 12.1. The van der Waals surface area contributed by atoms with Crippen LogP contribution < -0.4 is 5.49 Å². The Morgan fingerprint density at radius 1 is 1.47 bits per heavy atom. The van der Waals surface area contributed by atoms with E-state index in [0.29, 0.717) is 5.49 Å². The van der Waals surface area contributed by atoms with Crippen LogP contribution in [-0.2, 0) is 17.6 Å². The van der Waals surface area contributed by atoms with Crippen LogP contribution in [0.15, 0.2) is 23.2 Å². The summed E-state index contributed by atoms with van der Waals surface area (Å²) in [6.07, 6.45) is 0. The molecule has 0 aliphatic heterocycles. The van der Waals surface area contributed by atoms with Gasteiger partial charge in [-0.1, -0.05) is 9.95 Å². The normalized spacial score (nSPS) is 11.9. The molecule has 0 aliphatic rings. The molecule has 0 bridgehead atoms. The number of rotatable bonds is 0. The van der Waals surface area contributed by atoms with E-state index in [-0.39, 0.29) is 5.95 Å². The third-order valence-electron chi connectivity index (χ3n) is 1.37. The van der Waals surface area contributed by atoms with Crippen LogP contribution >= 0.6 is 0 Å². The van der Waals surface area contributed by atoms with E-state index in [9.17, 15) is 8.28 Å². The zero-order valence-electron chi connectivity index (χ0n) is 8.05. The highest BCUT2D eigenvalue weighted by Crippen LogP contribution is 1.87. The minimum Gasteiger partial charge on any atom is -0.306 e. The summed E-state index contributed by atoms with van der Waals surface area (Å²) < 4.78 is 48.1. The van der Waals surface area contributed by atoms with Gasteiger partial charge in [-0.3, -0.25) is 9.55 Å². The SMILES string of the molecule is CN=c1cccc(F)n1C.O=S(=O)(O)F. The van der Waals surface area contributed by atoms with Crippen molar-refractivity contribution in [3.8, 4) is 0 Å². The van der Waals surface area contributed by atoms with Gasteiger partial charge in [-0.15, -0.1) is 0 Å². The monoisotopic (exact) mass is 240 g/mol. The third kappa shape index (κ3) is 6.75. The number of halogens is 2. The summed E-state index contributed by atoms with van der Waals surface area (Å²) in [5, 5.41) is 0. The van der Waals surface area contributed by atoms with Gasteiger partial charge in [0.2, 0.25) is 0 Å². The van der Waals surface area contributed by atoms with Crippen LogP contribution in [0.5, 0.6) is 0 Å². The van der Waals surface area contributed by atoms with Crippen LogP contribution in [0.1, 0.15) is 0 Å². The fraction of sp³-hybridized carbons (Fsp3) is 0.286. The summed E-state index contributed by atoms with van der Waals surface area (Å²) in [6.45, 7) is 0. The van der Waals surface area contributed by atoms with Gasteiger partial charge in [0.25, 0.3) is 0 Å². The Bertz CT molecular complexity index is 473. The first kappa shape index (κ1) is 13.7. The van der Waals surface area contributed by atoms with Crippen LogP contribution in [0.4, 0.5) is 8.28 Å². The maximum absolute atomic E-state index is 12.7. The summed E-state index contributed by atoms with van der Waals surface area (Å²) >= 11 is 0. The second-order valence-corrected chi connectivity index (χ2v) is 3.23. The van der Waals surface area contributed by atoms with Crippen LogP contribution in [0, 0.1) is 5.95 Å². The highest BCUT2D eigenvalue weighted by molar-refractivity contribution is 7.80. The maximum atomic E-state index is 12.7. The second kappa shape index (κ2) is 5.56. The Hall–Kier alpha value is -1.28. The predicted octanol–water partition coefficient (Wildman–Crippen LogP) is 0.453. The smallest absolute Gasteiger partial charge is 0.306 e. The van der Waals surface area contributed by atoms with Crippen molar-refractivity contribution in [1.29, 1.82) is 0 Å². The van der Waals surface area contributed by atoms with Gasteiger partial charge in [0.15, 0.2) is 5.95 Å². The van der Waals surface area contributed by atoms with Gasteiger partial charge < -0.3 is 4.57 Å². The zero-order valence-corrected chi connectivity index (χ0v) is 8.87. The fourth-order valence-corrected chi connectivity index (χ4v) is 0.771. The van der Waals surface area contributed by atoms with E-state index in [4.69, 9.17) is 13.0 Å². The van der Waals surface area contributed by atoms with Crippen molar-refractivity contribution < 1.29 is 21.2 Å². The second-order valence-electron chi connectivity index (χ2n) is 2.40. The number of hydrogen-bond acceptors (Lipinski definition) is 3. The molecular weight excluding hydrogens is 230 g/mol. The summed E-state index contributed by atoms with van der Waals surface area (Å²) in [4.78, 5) is 3.85. The molecule has 0 aromatic carbocycles. The molecular formula is C7H10F2N2O3S. The van der Waals surface area contributed by atoms with Gasteiger partial charge in [-0.25, -0.2) is 0 Å². The number of nitrogens with zero attached hydrogens (tertiary/aromatic N) is 2. The third-order valence-corrected chi connectivity index (χ3v) is 1.37. The minimum atomic E-state index is -5.17. The average Bonchev–Trinajstić information content (AvgIpc) is 2.07. The van der Waals surface area contributed by atoms with Crippen molar-refractivity contribution >= 4 is 10.5 Å². The quantitative estimate of drug-likeness (QED) is 0.406. The molecule has 1 rings (SSSR count). The molecule has 0 saturated heterocycles. The van der Waals surface area contributed by atoms with Crippen LogP contribution in [-0.4, -0.2) is 24.6 Å². The number of hydrogen-bond donors (Lipinski definition) is 1. The molecule has 0 atom stereocenters. The highest BCUT2D eigenvalue weighted by atomic mass is 32.3. The van der Waals surface area contributed by atoms with Crippen LogP contribution in [0.2, 0.25) is 0 Å². The topological polar surface area (TPSA) is 71.7 Å². The van der Waals surface area contributed by atoms with Crippen molar-refractivity contribution in [3.63, 3.8) is 0 Å². The summed E-state index contributed by atoms with van der Waals surface area (Å²) in [5.41, 5.74) is 0.639. The molecule has 1 aromatic heterocycles. The Morgan fingerprint density at radius 2 is 1.93 bits per heavy atom. The van der Waals surface area contributed by atoms with Gasteiger partial charge in [0, 0.05) is 14.1 Å². The lowest BCUT2D eigenvalue weighted by Crippen LogP contribution is -2.19. The van der Waals surface area contributed by atoms with Gasteiger partial charge in [-0.2, -0.15) is 12.8 Å². The number of aromatic nitrogens is 1. The molecule has 86 valence electrons. The molecule has 8 heteroatoms. The van der Waals surface area contributed by atoms with Gasteiger partial charge >= 0.3 is 10.5 Å². The first-order valence-electron chi connectivity index (χ1n) is 3.67. The van der Waals surface area contributed by atoms with E-state index in [1.54, 1.807) is 26.2 Å². The first-order chi connectivity index (χ1) is 6.75. The summed E-state index contributed by atoms with van der Waals surface area (Å²) in [7, 11) is -1.90. The van der Waals surface area contributed by atoms with Gasteiger partial charge in [-0.05, 0) is 12.1 Å². The number of pyridine rings is 1. The van der Waals surface area contributed by atoms with E-state index >= 15 is 0 Å². The minimum absolute atomic E-state index is 0.275. The molecule has 0 fully saturated rings. The fourth-order valence-electron chi connectivity index (χ4n) is 0.771. The van der Waals surface area contributed by atoms with Gasteiger partial charge in [0.1, 0.15) is 5.49 Å². The van der Waals surface area contributed by atoms with Crippen molar-refractivity contribution in [2.45, 2.75) is 0 Å². The van der Waals surface area contributed by atoms with E-state index in [2.05, 4.69) is 4.99 Å². The van der Waals surface area contributed by atoms with Crippen LogP contribution in [0.3, 0.4) is 0 Å². The Balaban J connectivity index is 0.000000336. The van der Waals surface area contributed by atoms with Crippen molar-refractivity contribution in [1.82, 2.24) is 4.57 Å². The molecule has 0 unspecified atom stereocenters. The molecule has 1 N–H and O–H groups in total. The Morgan fingerprint density at radius 3 is 2.27 bits per heavy atom. The molecule has 0 amide bonds.